The van der Waals surface area contributed by atoms with E-state index in [1.54, 1.807) is 0 Å². The van der Waals surface area contributed by atoms with Gasteiger partial charge in [-0.3, -0.25) is 0 Å². The fourth-order valence-electron chi connectivity index (χ4n) is 1.35. The van der Waals surface area contributed by atoms with E-state index in [4.69, 9.17) is 0 Å². The Balaban J connectivity index is 2.93. The zero-order chi connectivity index (χ0) is 9.78. The minimum Gasteiger partial charge on any atom is -0.0885 e. The first kappa shape index (κ1) is 12.7. The predicted octanol–water partition coefficient (Wildman–Crippen LogP) is 4.91. The molecule has 0 fully saturated rings. The van der Waals surface area contributed by atoms with Gasteiger partial charge in [0.05, 0.1) is 0 Å². The lowest BCUT2D eigenvalue weighted by Gasteiger charge is -1.95. The van der Waals surface area contributed by atoms with Crippen molar-refractivity contribution in [2.24, 2.45) is 0 Å². The number of rotatable bonds is 9. The van der Waals surface area contributed by atoms with E-state index in [2.05, 4.69) is 26.0 Å². The summed E-state index contributed by atoms with van der Waals surface area (Å²) in [7, 11) is 0. The first-order valence-corrected chi connectivity index (χ1v) is 5.86. The summed E-state index contributed by atoms with van der Waals surface area (Å²) in [6.45, 7) is 6.08. The average Bonchev–Trinajstić information content (AvgIpc) is 2.16. The van der Waals surface area contributed by atoms with Crippen LogP contribution in [0.1, 0.15) is 64.7 Å². The molecule has 0 saturated carbocycles. The van der Waals surface area contributed by atoms with E-state index in [1.807, 2.05) is 0 Å². The van der Waals surface area contributed by atoms with Gasteiger partial charge in [-0.25, -0.2) is 0 Å². The Morgan fingerprint density at radius 3 is 2.08 bits per heavy atom. The van der Waals surface area contributed by atoms with E-state index in [-0.39, 0.29) is 0 Å². The molecule has 0 aromatic carbocycles. The van der Waals surface area contributed by atoms with Gasteiger partial charge in [-0.1, -0.05) is 64.5 Å². The Bertz CT molecular complexity index is 103. The number of hydrogen-bond donors (Lipinski definition) is 0. The van der Waals surface area contributed by atoms with Crippen molar-refractivity contribution in [3.63, 3.8) is 0 Å². The van der Waals surface area contributed by atoms with Crippen LogP contribution >= 0.6 is 0 Å². The summed E-state index contributed by atoms with van der Waals surface area (Å²) < 4.78 is 0. The number of allylic oxidation sites excluding steroid dienone is 2. The highest BCUT2D eigenvalue weighted by Gasteiger charge is 1.86. The smallest absolute Gasteiger partial charge is 0.0351 e. The van der Waals surface area contributed by atoms with E-state index < -0.39 is 0 Å². The second kappa shape index (κ2) is 11.7. The van der Waals surface area contributed by atoms with E-state index in [0.717, 1.165) is 6.42 Å². The first-order valence-electron chi connectivity index (χ1n) is 5.86. The first-order chi connectivity index (χ1) is 6.41. The van der Waals surface area contributed by atoms with Crippen LogP contribution in [0.15, 0.2) is 12.2 Å². The lowest BCUT2D eigenvalue weighted by Crippen LogP contribution is -1.76. The van der Waals surface area contributed by atoms with E-state index in [1.165, 1.54) is 51.4 Å². The molecule has 0 aromatic rings. The highest BCUT2D eigenvalue weighted by molar-refractivity contribution is 4.80. The van der Waals surface area contributed by atoms with Gasteiger partial charge < -0.3 is 0 Å². The van der Waals surface area contributed by atoms with Crippen LogP contribution in [0, 0.1) is 6.92 Å². The zero-order valence-corrected chi connectivity index (χ0v) is 9.23. The fraction of sp³-hybridized carbons (Fsp3) is 0.769. The molecule has 77 valence electrons. The van der Waals surface area contributed by atoms with Gasteiger partial charge in [-0.15, -0.1) is 0 Å². The minimum absolute atomic E-state index is 1.10. The van der Waals surface area contributed by atoms with Crippen molar-refractivity contribution in [1.82, 2.24) is 0 Å². The molecule has 0 atom stereocenters. The molecule has 0 aliphatic carbocycles. The topological polar surface area (TPSA) is 0 Å². The van der Waals surface area contributed by atoms with Crippen LogP contribution in [0.5, 0.6) is 0 Å². The zero-order valence-electron chi connectivity index (χ0n) is 9.23. The Kier molecular flexibility index (Phi) is 11.5. The van der Waals surface area contributed by atoms with Gasteiger partial charge in [0.25, 0.3) is 0 Å². The maximum atomic E-state index is 3.84. The summed E-state index contributed by atoms with van der Waals surface area (Å²) in [5.74, 6) is 0. The highest BCUT2D eigenvalue weighted by atomic mass is 13.9. The van der Waals surface area contributed by atoms with Gasteiger partial charge in [-0.05, 0) is 19.3 Å². The molecule has 0 rings (SSSR count). The third kappa shape index (κ3) is 11.7. The summed E-state index contributed by atoms with van der Waals surface area (Å²) in [5, 5.41) is 0. The summed E-state index contributed by atoms with van der Waals surface area (Å²) in [5.41, 5.74) is 0. The lowest BCUT2D eigenvalue weighted by molar-refractivity contribution is 0.650. The molecule has 0 aromatic heterocycles. The van der Waals surface area contributed by atoms with E-state index >= 15 is 0 Å². The van der Waals surface area contributed by atoms with Gasteiger partial charge in [0, 0.05) is 0 Å². The third-order valence-electron chi connectivity index (χ3n) is 2.26. The normalized spacial score (nSPS) is 11.2. The second-order valence-electron chi connectivity index (χ2n) is 3.67. The third-order valence-corrected chi connectivity index (χ3v) is 2.26. The van der Waals surface area contributed by atoms with Gasteiger partial charge in [0.1, 0.15) is 0 Å². The number of unbranched alkanes of at least 4 members (excludes halogenated alkanes) is 7. The summed E-state index contributed by atoms with van der Waals surface area (Å²) in [6, 6.07) is 0. The lowest BCUT2D eigenvalue weighted by atomic mass is 10.1. The Hall–Kier alpha value is -0.260. The Morgan fingerprint density at radius 2 is 1.46 bits per heavy atom. The quantitative estimate of drug-likeness (QED) is 0.350. The summed E-state index contributed by atoms with van der Waals surface area (Å²) in [4.78, 5) is 0. The largest absolute Gasteiger partial charge is 0.0885 e. The Morgan fingerprint density at radius 1 is 0.846 bits per heavy atom. The summed E-state index contributed by atoms with van der Waals surface area (Å²) in [6.07, 6.45) is 16.4. The molecule has 0 bridgehead atoms. The van der Waals surface area contributed by atoms with Crippen molar-refractivity contribution < 1.29 is 0 Å². The van der Waals surface area contributed by atoms with Crippen molar-refractivity contribution in [2.75, 3.05) is 0 Å². The van der Waals surface area contributed by atoms with Crippen LogP contribution in [-0.4, -0.2) is 0 Å². The summed E-state index contributed by atoms with van der Waals surface area (Å²) >= 11 is 0. The molecule has 0 nitrogen and oxygen atoms in total. The van der Waals surface area contributed by atoms with Crippen molar-refractivity contribution in [3.05, 3.63) is 19.1 Å². The van der Waals surface area contributed by atoms with Crippen LogP contribution in [0.3, 0.4) is 0 Å². The van der Waals surface area contributed by atoms with Crippen LogP contribution in [-0.2, 0) is 0 Å². The van der Waals surface area contributed by atoms with Gasteiger partial charge in [0.2, 0.25) is 0 Å². The molecule has 13 heavy (non-hydrogen) atoms. The Labute approximate surface area is 84.4 Å². The fourth-order valence-corrected chi connectivity index (χ4v) is 1.35. The molecule has 0 N–H and O–H groups in total. The molecule has 0 heterocycles. The molecule has 0 amide bonds. The molecular weight excluding hydrogens is 156 g/mol. The minimum atomic E-state index is 1.10. The molecule has 0 aliphatic rings. The predicted molar refractivity (Wildman–Crippen MR) is 61.7 cm³/mol. The van der Waals surface area contributed by atoms with Gasteiger partial charge in [0.15, 0.2) is 0 Å². The molecule has 0 spiro atoms. The van der Waals surface area contributed by atoms with Crippen LogP contribution in [0.2, 0.25) is 0 Å². The van der Waals surface area contributed by atoms with Gasteiger partial charge >= 0.3 is 0 Å². The molecule has 1 radical (unpaired) electrons. The van der Waals surface area contributed by atoms with Crippen LogP contribution < -0.4 is 0 Å². The molecule has 0 unspecified atom stereocenters. The second-order valence-corrected chi connectivity index (χ2v) is 3.67. The number of hydrogen-bond acceptors (Lipinski definition) is 0. The molecule has 0 heteroatoms. The van der Waals surface area contributed by atoms with Gasteiger partial charge in [-0.2, -0.15) is 0 Å². The standard InChI is InChI=1S/C13H25/c1-3-5-7-9-11-13-12-10-8-6-4-2/h10,12H,1,3-9,11,13H2,2H3/b12-10-. The molecule has 0 saturated heterocycles. The maximum Gasteiger partial charge on any atom is -0.0351 e. The monoisotopic (exact) mass is 181 g/mol. The van der Waals surface area contributed by atoms with Crippen molar-refractivity contribution >= 4 is 0 Å². The maximum absolute atomic E-state index is 3.84. The highest BCUT2D eigenvalue weighted by Crippen LogP contribution is 2.05. The van der Waals surface area contributed by atoms with Crippen molar-refractivity contribution in [3.8, 4) is 0 Å². The molecular formula is C13H25. The van der Waals surface area contributed by atoms with E-state index in [0.29, 0.717) is 0 Å². The average molecular weight is 181 g/mol. The van der Waals surface area contributed by atoms with E-state index in [9.17, 15) is 0 Å². The van der Waals surface area contributed by atoms with Crippen molar-refractivity contribution in [1.29, 1.82) is 0 Å². The SMILES string of the molecule is [CH2]CCCCCC/C=C\CCCC. The van der Waals surface area contributed by atoms with Crippen LogP contribution in [0.25, 0.3) is 0 Å². The molecule has 0 aliphatic heterocycles. The van der Waals surface area contributed by atoms with Crippen molar-refractivity contribution in [2.45, 2.75) is 64.7 Å². The van der Waals surface area contributed by atoms with Crippen LogP contribution in [0.4, 0.5) is 0 Å².